The lowest BCUT2D eigenvalue weighted by Gasteiger charge is -2.31. The number of hydroxylamine groups is 1. The normalized spacial score (nSPS) is 29.8. The summed E-state index contributed by atoms with van der Waals surface area (Å²) in [5, 5.41) is 6.00. The van der Waals surface area contributed by atoms with Gasteiger partial charge in [-0.2, -0.15) is 0 Å². The molecule has 1 saturated heterocycles. The summed E-state index contributed by atoms with van der Waals surface area (Å²) in [6.07, 6.45) is 9.91. The molecule has 0 spiro atoms. The number of ether oxygens (including phenoxy) is 1. The van der Waals surface area contributed by atoms with Crippen molar-refractivity contribution in [1.29, 1.82) is 0 Å². The molecule has 0 aromatic heterocycles. The van der Waals surface area contributed by atoms with Crippen molar-refractivity contribution in [1.82, 2.24) is 21.0 Å². The van der Waals surface area contributed by atoms with Crippen LogP contribution in [-0.4, -0.2) is 59.2 Å². The Morgan fingerprint density at radius 3 is 2.68 bits per heavy atom. The molecule has 208 valence electrons. The number of amides is 3. The molecule has 37 heavy (non-hydrogen) atoms. The summed E-state index contributed by atoms with van der Waals surface area (Å²) < 4.78 is 5.42. The molecule has 0 radical (unpaired) electrons. The number of rotatable bonds is 6. The highest BCUT2D eigenvalue weighted by Gasteiger charge is 2.57. The first-order valence-electron chi connectivity index (χ1n) is 13.8. The molecule has 9 heteroatoms. The molecule has 2 heterocycles. The van der Waals surface area contributed by atoms with E-state index in [9.17, 15) is 14.4 Å². The third-order valence-corrected chi connectivity index (χ3v) is 7.07. The van der Waals surface area contributed by atoms with Gasteiger partial charge in [0.05, 0.1) is 17.8 Å². The number of carbonyl (C=O) groups excluding carboxylic acids is 3. The van der Waals surface area contributed by atoms with Crippen LogP contribution in [0, 0.1) is 11.8 Å². The van der Waals surface area contributed by atoms with E-state index in [1.165, 1.54) is 0 Å². The summed E-state index contributed by atoms with van der Waals surface area (Å²) in [5.41, 5.74) is 2.28. The van der Waals surface area contributed by atoms with Crippen LogP contribution in [0.1, 0.15) is 86.0 Å². The molecular weight excluding hydrogens is 472 g/mol. The van der Waals surface area contributed by atoms with Gasteiger partial charge in [0, 0.05) is 12.5 Å². The Balaban J connectivity index is 1.78. The van der Waals surface area contributed by atoms with E-state index >= 15 is 0 Å². The highest BCUT2D eigenvalue weighted by Crippen LogP contribution is 2.49. The second-order valence-corrected chi connectivity index (χ2v) is 12.0. The highest BCUT2D eigenvalue weighted by molar-refractivity contribution is 5.92. The number of alkyl carbamates (subject to hydrolysis) is 1. The first-order chi connectivity index (χ1) is 17.4. The predicted molar refractivity (Wildman–Crippen MR) is 142 cm³/mol. The molecule has 1 unspecified atom stereocenters. The summed E-state index contributed by atoms with van der Waals surface area (Å²) in [6, 6.07) is -1.32. The lowest BCUT2D eigenvalue weighted by molar-refractivity contribution is -0.140. The zero-order valence-electron chi connectivity index (χ0n) is 23.2. The number of carbonyl (C=O) groups is 3. The maximum Gasteiger partial charge on any atom is 0.408 e. The Morgan fingerprint density at radius 1 is 1.22 bits per heavy atom. The average molecular weight is 519 g/mol. The van der Waals surface area contributed by atoms with Gasteiger partial charge in [-0.3, -0.25) is 19.9 Å². The van der Waals surface area contributed by atoms with Crippen molar-refractivity contribution in [2.75, 3.05) is 13.2 Å². The molecule has 0 aromatic rings. The van der Waals surface area contributed by atoms with Gasteiger partial charge in [0.25, 0.3) is 0 Å². The van der Waals surface area contributed by atoms with Crippen molar-refractivity contribution in [3.05, 3.63) is 24.4 Å². The minimum atomic E-state index is -0.729. The summed E-state index contributed by atoms with van der Waals surface area (Å²) in [5.74, 6) is 0.0569. The van der Waals surface area contributed by atoms with Crippen molar-refractivity contribution in [2.24, 2.45) is 11.8 Å². The smallest absolute Gasteiger partial charge is 0.408 e. The van der Waals surface area contributed by atoms with E-state index in [0.717, 1.165) is 38.5 Å². The molecule has 4 atom stereocenters. The van der Waals surface area contributed by atoms with Gasteiger partial charge in [-0.1, -0.05) is 45.4 Å². The average Bonchev–Trinajstić information content (AvgIpc) is 3.25. The topological polar surface area (TPSA) is 109 Å². The van der Waals surface area contributed by atoms with Crippen LogP contribution in [0.3, 0.4) is 0 Å². The van der Waals surface area contributed by atoms with Gasteiger partial charge in [-0.25, -0.2) is 4.79 Å². The quantitative estimate of drug-likeness (QED) is 0.363. The Kier molecular flexibility index (Phi) is 9.67. The van der Waals surface area contributed by atoms with Crippen LogP contribution < -0.4 is 16.1 Å². The van der Waals surface area contributed by atoms with Gasteiger partial charge in [-0.15, -0.1) is 0 Å². The number of nitrogens with zero attached hydrogens (tertiary/aromatic N) is 1. The van der Waals surface area contributed by atoms with E-state index in [0.29, 0.717) is 37.6 Å². The number of nitrogens with one attached hydrogen (secondary N) is 3. The summed E-state index contributed by atoms with van der Waals surface area (Å²) in [4.78, 5) is 47.0. The van der Waals surface area contributed by atoms with E-state index in [4.69, 9.17) is 9.57 Å². The molecular formula is C28H46N4O5. The van der Waals surface area contributed by atoms with Gasteiger partial charge in [-0.05, 0) is 65.2 Å². The number of fused-ring (bicyclic) bond motifs is 2. The molecule has 2 aliphatic heterocycles. The number of hydrogen-bond acceptors (Lipinski definition) is 6. The van der Waals surface area contributed by atoms with Crippen molar-refractivity contribution in [3.63, 3.8) is 0 Å². The molecule has 2 fully saturated rings. The van der Waals surface area contributed by atoms with Gasteiger partial charge in [0.15, 0.2) is 0 Å². The van der Waals surface area contributed by atoms with Gasteiger partial charge in [0.2, 0.25) is 11.8 Å². The van der Waals surface area contributed by atoms with Gasteiger partial charge >= 0.3 is 6.09 Å². The summed E-state index contributed by atoms with van der Waals surface area (Å²) in [6.45, 7) is 14.7. The maximum absolute atomic E-state index is 13.6. The molecule has 1 saturated carbocycles. The second-order valence-electron chi connectivity index (χ2n) is 12.0. The molecule has 3 rings (SSSR count). The second kappa shape index (κ2) is 12.3. The zero-order valence-corrected chi connectivity index (χ0v) is 23.2. The fraction of sp³-hybridized carbons (Fsp3) is 0.750. The minimum Gasteiger partial charge on any atom is -0.444 e. The van der Waals surface area contributed by atoms with Gasteiger partial charge in [0.1, 0.15) is 17.7 Å². The van der Waals surface area contributed by atoms with Crippen molar-refractivity contribution in [2.45, 2.75) is 109 Å². The third-order valence-electron chi connectivity index (χ3n) is 7.07. The summed E-state index contributed by atoms with van der Waals surface area (Å²) >= 11 is 0. The van der Waals surface area contributed by atoms with Crippen LogP contribution in [-0.2, 0) is 19.2 Å². The standard InChI is InChI=1S/C28H46N4O5/c1-19(2)18-36-31-20(3)28-17-21(28)13-10-8-7-9-11-14-22(29-26(35)37-27(4,5)6)25(34)32-16-12-15-23(32)24(33)30-28/h10,13,19,21-23,31H,3,7-9,11-12,14-18H2,1-2,4-6H3,(H,29,35)(H,30,33)/b13-10-/t21?,22-,23-,28-/m0/s1. The molecule has 0 aromatic carbocycles. The van der Waals surface area contributed by atoms with Gasteiger partial charge < -0.3 is 20.3 Å². The highest BCUT2D eigenvalue weighted by atomic mass is 16.6. The third kappa shape index (κ3) is 7.97. The fourth-order valence-corrected chi connectivity index (χ4v) is 5.03. The first-order valence-corrected chi connectivity index (χ1v) is 13.8. The minimum absolute atomic E-state index is 0.122. The SMILES string of the molecule is C=C(NOCC(C)C)[C@@]12CC1/C=C\CCCCC[C@H](NC(=O)OC(C)(C)C)C(=O)N1CCC[C@H]1C(=O)N2. The van der Waals surface area contributed by atoms with E-state index in [1.807, 2.05) is 0 Å². The molecule has 3 amide bonds. The molecule has 3 N–H and O–H groups in total. The zero-order chi connectivity index (χ0) is 27.2. The molecule has 1 aliphatic carbocycles. The van der Waals surface area contributed by atoms with E-state index < -0.39 is 29.3 Å². The van der Waals surface area contributed by atoms with Crippen LogP contribution in [0.2, 0.25) is 0 Å². The Hall–Kier alpha value is -2.55. The van der Waals surface area contributed by atoms with Crippen LogP contribution in [0.15, 0.2) is 24.4 Å². The van der Waals surface area contributed by atoms with Crippen molar-refractivity contribution >= 4 is 17.9 Å². The van der Waals surface area contributed by atoms with E-state index in [-0.39, 0.29) is 17.7 Å². The van der Waals surface area contributed by atoms with Crippen LogP contribution in [0.25, 0.3) is 0 Å². The maximum atomic E-state index is 13.6. The first kappa shape index (κ1) is 29.0. The predicted octanol–water partition coefficient (Wildman–Crippen LogP) is 3.96. The Bertz CT molecular complexity index is 880. The fourth-order valence-electron chi connectivity index (χ4n) is 5.03. The van der Waals surface area contributed by atoms with Crippen molar-refractivity contribution in [3.8, 4) is 0 Å². The Morgan fingerprint density at radius 2 is 1.97 bits per heavy atom. The van der Waals surface area contributed by atoms with Crippen LogP contribution >= 0.6 is 0 Å². The monoisotopic (exact) mass is 518 g/mol. The van der Waals surface area contributed by atoms with E-state index in [1.54, 1.807) is 25.7 Å². The largest absolute Gasteiger partial charge is 0.444 e. The number of hydrogen-bond donors (Lipinski definition) is 3. The van der Waals surface area contributed by atoms with Crippen LogP contribution in [0.5, 0.6) is 0 Å². The lowest BCUT2D eigenvalue weighted by atomic mass is 10.0. The van der Waals surface area contributed by atoms with Crippen molar-refractivity contribution < 1.29 is 24.0 Å². The summed E-state index contributed by atoms with van der Waals surface area (Å²) in [7, 11) is 0. The van der Waals surface area contributed by atoms with E-state index in [2.05, 4.69) is 48.7 Å². The number of allylic oxidation sites excluding steroid dienone is 1. The molecule has 9 nitrogen and oxygen atoms in total. The molecule has 0 bridgehead atoms. The van der Waals surface area contributed by atoms with Crippen LogP contribution in [0.4, 0.5) is 4.79 Å². The molecule has 3 aliphatic rings. The Labute approximate surface area is 221 Å². The lowest BCUT2D eigenvalue weighted by Crippen LogP contribution is -2.56.